The van der Waals surface area contributed by atoms with E-state index < -0.39 is 0 Å². The summed E-state index contributed by atoms with van der Waals surface area (Å²) in [7, 11) is 0. The average molecular weight is 566 g/mol. The number of carbonyl (C=O) groups excluding carboxylic acids is 1. The van der Waals surface area contributed by atoms with Gasteiger partial charge >= 0.3 is 5.97 Å². The fraction of sp³-hybridized carbons (Fsp3) is 0.710. The first kappa shape index (κ1) is 31.3. The molecule has 7 heteroatoms. The molecule has 1 aromatic carbocycles. The molecule has 1 fully saturated rings. The molecule has 38 heavy (non-hydrogen) atoms. The zero-order valence-electron chi connectivity index (χ0n) is 23.9. The molecule has 0 bridgehead atoms. The van der Waals surface area contributed by atoms with E-state index in [1.807, 2.05) is 11.8 Å². The third-order valence-corrected chi connectivity index (χ3v) is 9.36. The number of ether oxygens (including phenoxy) is 3. The van der Waals surface area contributed by atoms with Crippen LogP contribution in [0.15, 0.2) is 17.0 Å². The van der Waals surface area contributed by atoms with Gasteiger partial charge in [-0.2, -0.15) is 0 Å². The highest BCUT2D eigenvalue weighted by Gasteiger charge is 2.38. The summed E-state index contributed by atoms with van der Waals surface area (Å²) in [4.78, 5) is 16.7. The Balaban J connectivity index is 0.00000400. The van der Waals surface area contributed by atoms with Crippen LogP contribution in [-0.2, 0) is 16.0 Å². The second-order valence-corrected chi connectivity index (χ2v) is 12.6. The van der Waals surface area contributed by atoms with Gasteiger partial charge in [-0.05, 0) is 87.4 Å². The molecule has 1 aromatic rings. The number of carbonyl (C=O) groups is 1. The molecule has 0 saturated carbocycles. The van der Waals surface area contributed by atoms with E-state index >= 15 is 0 Å². The number of unbranched alkanes of at least 4 members (excludes halogenated alkanes) is 2. The quantitative estimate of drug-likeness (QED) is 0.147. The van der Waals surface area contributed by atoms with Gasteiger partial charge in [-0.15, -0.1) is 24.2 Å². The van der Waals surface area contributed by atoms with Crippen LogP contribution in [0.5, 0.6) is 11.5 Å². The number of nitrogens with zero attached hydrogens (tertiary/aromatic N) is 1. The van der Waals surface area contributed by atoms with E-state index in [0.29, 0.717) is 18.1 Å². The maximum absolute atomic E-state index is 13.0. The highest BCUT2D eigenvalue weighted by molar-refractivity contribution is 8.03. The number of esters is 1. The minimum Gasteiger partial charge on any atom is -0.482 e. The van der Waals surface area contributed by atoms with E-state index in [-0.39, 0.29) is 24.0 Å². The molecule has 0 N–H and O–H groups in total. The van der Waals surface area contributed by atoms with Crippen molar-refractivity contribution in [1.29, 1.82) is 0 Å². The van der Waals surface area contributed by atoms with E-state index in [4.69, 9.17) is 14.2 Å². The summed E-state index contributed by atoms with van der Waals surface area (Å²) in [6.07, 6.45) is 10.7. The normalized spacial score (nSPS) is 19.6. The maximum Gasteiger partial charge on any atom is 0.311 e. The van der Waals surface area contributed by atoms with Crippen LogP contribution in [0.25, 0.3) is 5.57 Å². The molecule has 0 radical (unpaired) electrons. The largest absolute Gasteiger partial charge is 0.482 e. The Morgan fingerprint density at radius 1 is 1.16 bits per heavy atom. The van der Waals surface area contributed by atoms with Gasteiger partial charge in [-0.25, -0.2) is 0 Å². The molecular weight excluding hydrogens is 518 g/mol. The second kappa shape index (κ2) is 15.0. The van der Waals surface area contributed by atoms with Crippen LogP contribution in [-0.4, -0.2) is 55.1 Å². The summed E-state index contributed by atoms with van der Waals surface area (Å²) in [5, 5.41) is 0. The van der Waals surface area contributed by atoms with Gasteiger partial charge in [0.15, 0.2) is 0 Å². The van der Waals surface area contributed by atoms with Crippen molar-refractivity contribution < 1.29 is 19.0 Å². The third kappa shape index (κ3) is 8.39. The Hall–Kier alpha value is -1.21. The molecule has 214 valence electrons. The van der Waals surface area contributed by atoms with Gasteiger partial charge in [-0.3, -0.25) is 9.69 Å². The van der Waals surface area contributed by atoms with Crippen molar-refractivity contribution in [3.63, 3.8) is 0 Å². The standard InChI is InChI=1S/C31H47NO4S.ClH/c1-5-6-7-10-23(2)13-14-24-21-26(35-28(33)12-8-15-32-16-18-34-19-17-32)29-25-11-9-20-37-30(25)31(3,4)36-27(29)22-24;/h21-23H,5-20H2,1-4H3;1H. The van der Waals surface area contributed by atoms with Crippen LogP contribution >= 0.6 is 24.2 Å². The number of benzene rings is 1. The number of aryl methyl sites for hydroxylation is 1. The molecule has 5 nitrogen and oxygen atoms in total. The molecule has 0 amide bonds. The van der Waals surface area contributed by atoms with Crippen molar-refractivity contribution in [3.05, 3.63) is 28.2 Å². The van der Waals surface area contributed by atoms with E-state index in [1.165, 1.54) is 41.7 Å². The number of rotatable bonds is 12. The Morgan fingerprint density at radius 2 is 1.95 bits per heavy atom. The molecule has 1 saturated heterocycles. The molecule has 0 aliphatic carbocycles. The molecule has 3 heterocycles. The predicted octanol–water partition coefficient (Wildman–Crippen LogP) is 7.68. The molecule has 3 aliphatic heterocycles. The molecule has 1 unspecified atom stereocenters. The van der Waals surface area contributed by atoms with E-state index in [2.05, 4.69) is 44.7 Å². The summed E-state index contributed by atoms with van der Waals surface area (Å²) in [6.45, 7) is 13.3. The van der Waals surface area contributed by atoms with Crippen LogP contribution < -0.4 is 9.47 Å². The lowest BCUT2D eigenvalue weighted by atomic mass is 9.88. The lowest BCUT2D eigenvalue weighted by molar-refractivity contribution is -0.134. The Kier molecular flexibility index (Phi) is 12.3. The number of hydrogen-bond donors (Lipinski definition) is 0. The predicted molar refractivity (Wildman–Crippen MR) is 161 cm³/mol. The number of hydrogen-bond acceptors (Lipinski definition) is 6. The van der Waals surface area contributed by atoms with Gasteiger partial charge in [0.05, 0.1) is 18.8 Å². The summed E-state index contributed by atoms with van der Waals surface area (Å²) in [6, 6.07) is 4.34. The van der Waals surface area contributed by atoms with Gasteiger partial charge < -0.3 is 14.2 Å². The van der Waals surface area contributed by atoms with Gasteiger partial charge in [0, 0.05) is 24.4 Å². The van der Waals surface area contributed by atoms with Gasteiger partial charge in [0.2, 0.25) is 0 Å². The lowest BCUT2D eigenvalue weighted by Gasteiger charge is -2.39. The van der Waals surface area contributed by atoms with E-state index in [0.717, 1.165) is 82.0 Å². The highest BCUT2D eigenvalue weighted by atomic mass is 35.5. The van der Waals surface area contributed by atoms with E-state index in [9.17, 15) is 4.79 Å². The van der Waals surface area contributed by atoms with Crippen LogP contribution in [0.2, 0.25) is 0 Å². The van der Waals surface area contributed by atoms with Crippen molar-refractivity contribution in [2.45, 2.75) is 97.5 Å². The Bertz CT molecular complexity index is 957. The maximum atomic E-state index is 13.0. The van der Waals surface area contributed by atoms with Crippen molar-refractivity contribution in [1.82, 2.24) is 4.90 Å². The fourth-order valence-corrected chi connectivity index (χ4v) is 6.97. The van der Waals surface area contributed by atoms with Crippen molar-refractivity contribution in [2.24, 2.45) is 5.92 Å². The van der Waals surface area contributed by atoms with Gasteiger partial charge in [0.1, 0.15) is 17.1 Å². The molecule has 0 aromatic heterocycles. The van der Waals surface area contributed by atoms with Gasteiger partial charge in [-0.1, -0.05) is 39.5 Å². The smallest absolute Gasteiger partial charge is 0.311 e. The van der Waals surface area contributed by atoms with Crippen molar-refractivity contribution >= 4 is 35.7 Å². The second-order valence-electron chi connectivity index (χ2n) is 11.5. The number of fused-ring (bicyclic) bond motifs is 2. The molecular formula is C31H48ClNO4S. The van der Waals surface area contributed by atoms with Crippen LogP contribution in [0, 0.1) is 5.92 Å². The minimum absolute atomic E-state index is 0. The summed E-state index contributed by atoms with van der Waals surface area (Å²) in [5.41, 5.74) is 3.19. The average Bonchev–Trinajstić information content (AvgIpc) is 2.88. The minimum atomic E-state index is -0.348. The lowest BCUT2D eigenvalue weighted by Crippen LogP contribution is -2.37. The number of halogens is 1. The molecule has 1 atom stereocenters. The Labute approximate surface area is 240 Å². The fourth-order valence-electron chi connectivity index (χ4n) is 5.71. The summed E-state index contributed by atoms with van der Waals surface area (Å²) < 4.78 is 18.2. The van der Waals surface area contributed by atoms with Gasteiger partial charge in [0.25, 0.3) is 0 Å². The summed E-state index contributed by atoms with van der Waals surface area (Å²) in [5.74, 6) is 3.25. The number of thioether (sulfide) groups is 1. The van der Waals surface area contributed by atoms with Crippen LogP contribution in [0.4, 0.5) is 0 Å². The molecule has 4 rings (SSSR count). The first-order valence-corrected chi connectivity index (χ1v) is 15.6. The zero-order chi connectivity index (χ0) is 26.3. The first-order chi connectivity index (χ1) is 17.9. The van der Waals surface area contributed by atoms with Crippen LogP contribution in [0.3, 0.4) is 0 Å². The highest BCUT2D eigenvalue weighted by Crippen LogP contribution is 2.53. The van der Waals surface area contributed by atoms with Crippen molar-refractivity contribution in [2.75, 3.05) is 38.6 Å². The first-order valence-electron chi connectivity index (χ1n) is 14.6. The monoisotopic (exact) mass is 565 g/mol. The molecule has 3 aliphatic rings. The zero-order valence-corrected chi connectivity index (χ0v) is 25.6. The molecule has 0 spiro atoms. The van der Waals surface area contributed by atoms with Crippen LogP contribution in [0.1, 0.15) is 96.6 Å². The topological polar surface area (TPSA) is 48.0 Å². The number of allylic oxidation sites excluding steroid dienone is 1. The van der Waals surface area contributed by atoms with Crippen molar-refractivity contribution in [3.8, 4) is 11.5 Å². The Morgan fingerprint density at radius 3 is 2.71 bits per heavy atom. The van der Waals surface area contributed by atoms with E-state index in [1.54, 1.807) is 0 Å². The third-order valence-electron chi connectivity index (χ3n) is 7.84. The summed E-state index contributed by atoms with van der Waals surface area (Å²) >= 11 is 1.90. The number of morpholine rings is 1. The SMILES string of the molecule is CCCCCC(C)CCc1cc(OC(=O)CCCN2CCOCC2)c2c(c1)OC(C)(C)C1=C2CCCS1.Cl.